The van der Waals surface area contributed by atoms with Crippen molar-refractivity contribution in [3.8, 4) is 11.5 Å². The normalized spacial score (nSPS) is 12.1. The molecule has 0 unspecified atom stereocenters. The highest BCUT2D eigenvalue weighted by atomic mass is 16.3. The molecular formula is C9H12N2O4. The van der Waals surface area contributed by atoms with Gasteiger partial charge in [-0.25, -0.2) is 5.84 Å². The zero-order chi connectivity index (χ0) is 11.4. The van der Waals surface area contributed by atoms with Gasteiger partial charge in [0.1, 0.15) is 6.10 Å². The van der Waals surface area contributed by atoms with E-state index < -0.39 is 12.0 Å². The summed E-state index contributed by atoms with van der Waals surface area (Å²) in [5, 5.41) is 27.5. The summed E-state index contributed by atoms with van der Waals surface area (Å²) in [5.74, 6) is 3.57. The fraction of sp³-hybridized carbons (Fsp3) is 0.222. The molecule has 0 fully saturated rings. The van der Waals surface area contributed by atoms with Crippen LogP contribution in [0, 0.1) is 0 Å². The number of hydrazine groups is 1. The van der Waals surface area contributed by atoms with E-state index in [1.165, 1.54) is 18.2 Å². The third kappa shape index (κ3) is 2.83. The quantitative estimate of drug-likeness (QED) is 0.190. The van der Waals surface area contributed by atoms with Gasteiger partial charge in [-0.3, -0.25) is 10.2 Å². The number of rotatable bonds is 3. The molecule has 0 bridgehead atoms. The fourth-order valence-corrected chi connectivity index (χ4v) is 1.11. The van der Waals surface area contributed by atoms with Gasteiger partial charge in [-0.2, -0.15) is 0 Å². The third-order valence-electron chi connectivity index (χ3n) is 1.91. The van der Waals surface area contributed by atoms with Crippen LogP contribution in [0.25, 0.3) is 0 Å². The second-order valence-electron chi connectivity index (χ2n) is 3.05. The van der Waals surface area contributed by atoms with Gasteiger partial charge in [0.25, 0.3) is 5.91 Å². The molecule has 0 spiro atoms. The second-order valence-corrected chi connectivity index (χ2v) is 3.05. The molecule has 0 aliphatic rings. The van der Waals surface area contributed by atoms with Crippen LogP contribution in [-0.2, 0) is 11.2 Å². The van der Waals surface area contributed by atoms with Crippen molar-refractivity contribution < 1.29 is 20.1 Å². The number of aliphatic hydroxyl groups excluding tert-OH is 1. The van der Waals surface area contributed by atoms with E-state index in [4.69, 9.17) is 16.1 Å². The lowest BCUT2D eigenvalue weighted by molar-refractivity contribution is -0.129. The average molecular weight is 212 g/mol. The third-order valence-corrected chi connectivity index (χ3v) is 1.91. The number of phenolic OH excluding ortho intramolecular Hbond substituents is 2. The van der Waals surface area contributed by atoms with E-state index in [0.717, 1.165) is 0 Å². The number of nitrogens with one attached hydrogen (secondary N) is 1. The molecule has 0 aliphatic carbocycles. The van der Waals surface area contributed by atoms with Gasteiger partial charge in [0.05, 0.1) is 0 Å². The molecule has 0 aromatic heterocycles. The maximum absolute atomic E-state index is 10.9. The topological polar surface area (TPSA) is 116 Å². The average Bonchev–Trinajstić information content (AvgIpc) is 2.22. The molecule has 1 amide bonds. The largest absolute Gasteiger partial charge is 0.504 e. The molecular weight excluding hydrogens is 200 g/mol. The lowest BCUT2D eigenvalue weighted by Crippen LogP contribution is -2.40. The minimum absolute atomic E-state index is 0.0108. The number of amides is 1. The minimum Gasteiger partial charge on any atom is -0.504 e. The van der Waals surface area contributed by atoms with E-state index in [0.29, 0.717) is 5.56 Å². The van der Waals surface area contributed by atoms with Crippen LogP contribution in [0.1, 0.15) is 5.56 Å². The molecule has 6 N–H and O–H groups in total. The molecule has 6 heteroatoms. The highest BCUT2D eigenvalue weighted by Crippen LogP contribution is 2.25. The number of hydrogen-bond acceptors (Lipinski definition) is 5. The molecule has 1 aromatic rings. The molecule has 15 heavy (non-hydrogen) atoms. The summed E-state index contributed by atoms with van der Waals surface area (Å²) in [6.07, 6.45) is -1.27. The fourth-order valence-electron chi connectivity index (χ4n) is 1.11. The maximum Gasteiger partial charge on any atom is 0.263 e. The first-order chi connectivity index (χ1) is 7.04. The number of aliphatic hydroxyl groups is 1. The molecule has 0 radical (unpaired) electrons. The van der Waals surface area contributed by atoms with Crippen molar-refractivity contribution in [1.82, 2.24) is 5.43 Å². The highest BCUT2D eigenvalue weighted by Gasteiger charge is 2.14. The molecule has 0 aliphatic heterocycles. The molecule has 0 saturated heterocycles. The van der Waals surface area contributed by atoms with Crippen LogP contribution < -0.4 is 11.3 Å². The van der Waals surface area contributed by atoms with Crippen molar-refractivity contribution in [2.24, 2.45) is 5.84 Å². The summed E-state index contributed by atoms with van der Waals surface area (Å²) < 4.78 is 0. The Morgan fingerprint density at radius 2 is 2.07 bits per heavy atom. The SMILES string of the molecule is NNC(=O)[C@H](O)Cc1ccc(O)c(O)c1. The second kappa shape index (κ2) is 4.63. The van der Waals surface area contributed by atoms with Crippen LogP contribution in [0.2, 0.25) is 0 Å². The van der Waals surface area contributed by atoms with E-state index >= 15 is 0 Å². The van der Waals surface area contributed by atoms with Crippen LogP contribution >= 0.6 is 0 Å². The monoisotopic (exact) mass is 212 g/mol. The Balaban J connectivity index is 2.73. The maximum atomic E-state index is 10.9. The Morgan fingerprint density at radius 1 is 1.40 bits per heavy atom. The summed E-state index contributed by atoms with van der Waals surface area (Å²) in [7, 11) is 0. The van der Waals surface area contributed by atoms with Crippen molar-refractivity contribution in [3.63, 3.8) is 0 Å². The zero-order valence-electron chi connectivity index (χ0n) is 7.84. The summed E-state index contributed by atoms with van der Waals surface area (Å²) in [4.78, 5) is 10.9. The molecule has 0 heterocycles. The van der Waals surface area contributed by atoms with Crippen molar-refractivity contribution in [1.29, 1.82) is 0 Å². The lowest BCUT2D eigenvalue weighted by atomic mass is 10.1. The molecule has 6 nitrogen and oxygen atoms in total. The van der Waals surface area contributed by atoms with Gasteiger partial charge in [0, 0.05) is 6.42 Å². The molecule has 1 aromatic carbocycles. The Hall–Kier alpha value is -1.79. The summed E-state index contributed by atoms with van der Waals surface area (Å²) >= 11 is 0. The van der Waals surface area contributed by atoms with Crippen LogP contribution in [0.15, 0.2) is 18.2 Å². The van der Waals surface area contributed by atoms with E-state index in [1.807, 2.05) is 5.43 Å². The summed E-state index contributed by atoms with van der Waals surface area (Å²) in [6, 6.07) is 4.03. The van der Waals surface area contributed by atoms with Crippen LogP contribution in [0.5, 0.6) is 11.5 Å². The first-order valence-electron chi connectivity index (χ1n) is 4.24. The zero-order valence-corrected chi connectivity index (χ0v) is 7.84. The molecule has 1 atom stereocenters. The predicted molar refractivity (Wildman–Crippen MR) is 51.8 cm³/mol. The van der Waals surface area contributed by atoms with E-state index in [-0.39, 0.29) is 17.9 Å². The van der Waals surface area contributed by atoms with Crippen LogP contribution in [0.3, 0.4) is 0 Å². The minimum atomic E-state index is -1.28. The van der Waals surface area contributed by atoms with E-state index in [2.05, 4.69) is 0 Å². The predicted octanol–water partition coefficient (Wildman–Crippen LogP) is -1.01. The van der Waals surface area contributed by atoms with Crippen molar-refractivity contribution >= 4 is 5.91 Å². The lowest BCUT2D eigenvalue weighted by Gasteiger charge is -2.09. The van der Waals surface area contributed by atoms with Gasteiger partial charge in [-0.05, 0) is 17.7 Å². The summed E-state index contributed by atoms with van der Waals surface area (Å²) in [5.41, 5.74) is 2.33. The number of aromatic hydroxyl groups is 2. The Labute approximate surface area is 85.9 Å². The number of carbonyl (C=O) groups is 1. The number of nitrogens with two attached hydrogens (primary N) is 1. The molecule has 82 valence electrons. The van der Waals surface area contributed by atoms with Gasteiger partial charge in [-0.1, -0.05) is 6.07 Å². The Morgan fingerprint density at radius 3 is 2.60 bits per heavy atom. The van der Waals surface area contributed by atoms with Gasteiger partial charge in [0.2, 0.25) is 0 Å². The highest BCUT2D eigenvalue weighted by molar-refractivity contribution is 5.80. The standard InChI is InChI=1S/C9H12N2O4/c10-11-9(15)8(14)4-5-1-2-6(12)7(13)3-5/h1-3,8,12-14H,4,10H2,(H,11,15)/t8-/m1/s1. The number of carbonyl (C=O) groups excluding carboxylic acids is 1. The number of benzene rings is 1. The van der Waals surface area contributed by atoms with Gasteiger partial charge in [-0.15, -0.1) is 0 Å². The van der Waals surface area contributed by atoms with Crippen molar-refractivity contribution in [2.45, 2.75) is 12.5 Å². The first kappa shape index (κ1) is 11.3. The van der Waals surface area contributed by atoms with Crippen molar-refractivity contribution in [2.75, 3.05) is 0 Å². The molecule has 1 rings (SSSR count). The van der Waals surface area contributed by atoms with Gasteiger partial charge in [0.15, 0.2) is 11.5 Å². The number of hydrogen-bond donors (Lipinski definition) is 5. The van der Waals surface area contributed by atoms with Gasteiger partial charge >= 0.3 is 0 Å². The van der Waals surface area contributed by atoms with E-state index in [9.17, 15) is 9.90 Å². The van der Waals surface area contributed by atoms with Crippen molar-refractivity contribution in [3.05, 3.63) is 23.8 Å². The van der Waals surface area contributed by atoms with Gasteiger partial charge < -0.3 is 15.3 Å². The first-order valence-corrected chi connectivity index (χ1v) is 4.24. The smallest absolute Gasteiger partial charge is 0.263 e. The molecule has 0 saturated carbocycles. The number of phenols is 2. The Bertz CT molecular complexity index is 367. The Kier molecular flexibility index (Phi) is 3.48. The summed E-state index contributed by atoms with van der Waals surface area (Å²) in [6.45, 7) is 0. The van der Waals surface area contributed by atoms with E-state index in [1.54, 1.807) is 0 Å². The van der Waals surface area contributed by atoms with Crippen LogP contribution in [-0.4, -0.2) is 27.3 Å². The van der Waals surface area contributed by atoms with Crippen LogP contribution in [0.4, 0.5) is 0 Å².